The van der Waals surface area contributed by atoms with Crippen LogP contribution in [0, 0.1) is 0 Å². The molecule has 33 heavy (non-hydrogen) atoms. The Hall–Kier alpha value is -3.76. The number of carbonyl (C=O) groups is 3. The summed E-state index contributed by atoms with van der Waals surface area (Å²) in [5.74, 6) is -2.36. The maximum Gasteiger partial charge on any atom is 0.323 e. The molecule has 3 aromatic carbocycles. The molecule has 2 N–H and O–H groups in total. The zero-order valence-electron chi connectivity index (χ0n) is 17.6. The van der Waals surface area contributed by atoms with Crippen molar-refractivity contribution in [2.24, 2.45) is 0 Å². The predicted molar refractivity (Wildman–Crippen MR) is 121 cm³/mol. The summed E-state index contributed by atoms with van der Waals surface area (Å²) in [5, 5.41) is 11.3. The molecule has 9 nitrogen and oxygen atoms in total. The number of para-hydroxylation sites is 1. The van der Waals surface area contributed by atoms with Crippen LogP contribution in [0.3, 0.4) is 0 Å². The second kappa shape index (κ2) is 8.64. The molecular formula is C23H21N3O6S. The highest BCUT2D eigenvalue weighted by Gasteiger charge is 2.34. The maximum atomic E-state index is 13.0. The van der Waals surface area contributed by atoms with Gasteiger partial charge >= 0.3 is 5.97 Å². The van der Waals surface area contributed by atoms with E-state index in [1.54, 1.807) is 30.3 Å². The molecule has 0 radical (unpaired) electrons. The van der Waals surface area contributed by atoms with E-state index < -0.39 is 34.5 Å². The Bertz CT molecular complexity index is 1370. The van der Waals surface area contributed by atoms with Crippen LogP contribution in [-0.2, 0) is 19.6 Å². The molecule has 1 heterocycles. The van der Waals surface area contributed by atoms with Gasteiger partial charge in [0.25, 0.3) is 5.91 Å². The Labute approximate surface area is 190 Å². The summed E-state index contributed by atoms with van der Waals surface area (Å²) in [4.78, 5) is 39.7. The van der Waals surface area contributed by atoms with E-state index in [1.165, 1.54) is 36.2 Å². The van der Waals surface area contributed by atoms with E-state index in [2.05, 4.69) is 4.72 Å². The monoisotopic (exact) mass is 467 g/mol. The molecule has 0 bridgehead atoms. The van der Waals surface area contributed by atoms with Crippen LogP contribution in [0.5, 0.6) is 0 Å². The van der Waals surface area contributed by atoms with E-state index in [1.807, 2.05) is 12.1 Å². The van der Waals surface area contributed by atoms with Crippen molar-refractivity contribution in [2.75, 3.05) is 25.0 Å². The van der Waals surface area contributed by atoms with Crippen LogP contribution < -0.4 is 9.62 Å². The van der Waals surface area contributed by atoms with E-state index in [-0.39, 0.29) is 28.6 Å². The van der Waals surface area contributed by atoms with Gasteiger partial charge in [-0.05, 0) is 35.0 Å². The number of rotatable bonds is 6. The number of anilines is 1. The lowest BCUT2D eigenvalue weighted by Gasteiger charge is -2.26. The summed E-state index contributed by atoms with van der Waals surface area (Å²) < 4.78 is 28.2. The fraction of sp³-hybridized carbons (Fsp3) is 0.174. The molecule has 4 rings (SSSR count). The smallest absolute Gasteiger partial charge is 0.323 e. The molecule has 1 aliphatic rings. The van der Waals surface area contributed by atoms with Crippen molar-refractivity contribution in [1.29, 1.82) is 0 Å². The lowest BCUT2D eigenvalue weighted by Crippen LogP contribution is -2.51. The minimum Gasteiger partial charge on any atom is -0.480 e. The van der Waals surface area contributed by atoms with Crippen LogP contribution in [0.25, 0.3) is 10.8 Å². The largest absolute Gasteiger partial charge is 0.480 e. The number of aliphatic carboxylic acids is 1. The molecule has 0 saturated heterocycles. The topological polar surface area (TPSA) is 124 Å². The molecule has 0 fully saturated rings. The third kappa shape index (κ3) is 4.43. The highest BCUT2D eigenvalue weighted by molar-refractivity contribution is 7.89. The number of benzene rings is 3. The number of carboxylic acid groups (broad SMARTS) is 1. The minimum absolute atomic E-state index is 0.0926. The number of nitrogens with one attached hydrogen (secondary N) is 1. The second-order valence-electron chi connectivity index (χ2n) is 7.70. The highest BCUT2D eigenvalue weighted by Crippen LogP contribution is 2.26. The fourth-order valence-corrected chi connectivity index (χ4v) is 4.94. The van der Waals surface area contributed by atoms with Crippen LogP contribution in [0.15, 0.2) is 71.6 Å². The van der Waals surface area contributed by atoms with Crippen LogP contribution in [-0.4, -0.2) is 62.4 Å². The molecule has 10 heteroatoms. The standard InChI is InChI=1S/C23H21N3O6S/c1-25-14-21(27)26(20-9-5-4-8-18(20)22(25)28)13-19(23(29)30)24-33(31,32)17-11-10-15-6-2-3-7-16(15)12-17/h2-12,19,24H,13-14H2,1H3,(H,29,30)/t19-/m0/s1. The molecule has 170 valence electrons. The first kappa shape index (κ1) is 22.4. The molecule has 0 saturated carbocycles. The van der Waals surface area contributed by atoms with Gasteiger partial charge in [0.1, 0.15) is 12.6 Å². The van der Waals surface area contributed by atoms with E-state index in [0.29, 0.717) is 5.39 Å². The summed E-state index contributed by atoms with van der Waals surface area (Å²) >= 11 is 0. The van der Waals surface area contributed by atoms with Gasteiger partial charge in [0.15, 0.2) is 0 Å². The Morgan fingerprint density at radius 3 is 2.42 bits per heavy atom. The van der Waals surface area contributed by atoms with Gasteiger partial charge in [-0.3, -0.25) is 14.4 Å². The molecule has 0 aliphatic carbocycles. The van der Waals surface area contributed by atoms with Gasteiger partial charge in [-0.2, -0.15) is 4.72 Å². The summed E-state index contributed by atoms with van der Waals surface area (Å²) in [5.41, 5.74) is 0.459. The first-order valence-corrected chi connectivity index (χ1v) is 11.5. The van der Waals surface area contributed by atoms with Crippen molar-refractivity contribution in [1.82, 2.24) is 9.62 Å². The third-order valence-electron chi connectivity index (χ3n) is 5.44. The number of hydrogen-bond donors (Lipinski definition) is 2. The average Bonchev–Trinajstić information content (AvgIpc) is 2.88. The second-order valence-corrected chi connectivity index (χ2v) is 9.42. The number of carboxylic acids is 1. The number of carbonyl (C=O) groups excluding carboxylic acids is 2. The molecule has 1 aliphatic heterocycles. The molecule has 0 aromatic heterocycles. The molecule has 0 unspecified atom stereocenters. The number of nitrogens with zero attached hydrogens (tertiary/aromatic N) is 2. The summed E-state index contributed by atoms with van der Waals surface area (Å²) in [7, 11) is -2.75. The Kier molecular flexibility index (Phi) is 5.88. The zero-order chi connectivity index (χ0) is 23.8. The maximum absolute atomic E-state index is 13.0. The lowest BCUT2D eigenvalue weighted by atomic mass is 10.1. The van der Waals surface area contributed by atoms with E-state index in [9.17, 15) is 27.9 Å². The predicted octanol–water partition coefficient (Wildman–Crippen LogP) is 1.69. The van der Waals surface area contributed by atoms with Gasteiger partial charge in [0.05, 0.1) is 22.7 Å². The van der Waals surface area contributed by atoms with Crippen molar-refractivity contribution < 1.29 is 27.9 Å². The first-order valence-electron chi connectivity index (χ1n) is 10.1. The minimum atomic E-state index is -4.22. The van der Waals surface area contributed by atoms with Gasteiger partial charge in [0.2, 0.25) is 15.9 Å². The van der Waals surface area contributed by atoms with Gasteiger partial charge < -0.3 is 14.9 Å². The number of fused-ring (bicyclic) bond motifs is 2. The Morgan fingerprint density at radius 2 is 1.70 bits per heavy atom. The molecule has 1 atom stereocenters. The van der Waals surface area contributed by atoms with Crippen molar-refractivity contribution >= 4 is 44.3 Å². The summed E-state index contributed by atoms with van der Waals surface area (Å²) in [6, 6.07) is 16.3. The number of sulfonamides is 1. The SMILES string of the molecule is CN1CC(=O)N(C[C@H](NS(=O)(=O)c2ccc3ccccc3c2)C(=O)O)c2ccccc2C1=O. The number of amides is 2. The third-order valence-corrected chi connectivity index (χ3v) is 6.91. The summed E-state index contributed by atoms with van der Waals surface area (Å²) in [6.07, 6.45) is 0. The highest BCUT2D eigenvalue weighted by atomic mass is 32.2. The normalized spacial score (nSPS) is 15.3. The number of likely N-dealkylation sites (N-methyl/N-ethyl adjacent to an activating group) is 1. The Morgan fingerprint density at radius 1 is 1.03 bits per heavy atom. The molecule has 3 aromatic rings. The number of hydrogen-bond acceptors (Lipinski definition) is 5. The Balaban J connectivity index is 1.66. The zero-order valence-corrected chi connectivity index (χ0v) is 18.5. The van der Waals surface area contributed by atoms with Crippen molar-refractivity contribution in [2.45, 2.75) is 10.9 Å². The van der Waals surface area contributed by atoms with Gasteiger partial charge in [-0.15, -0.1) is 0 Å². The van der Waals surface area contributed by atoms with E-state index in [0.717, 1.165) is 10.3 Å². The van der Waals surface area contributed by atoms with Crippen LogP contribution >= 0.6 is 0 Å². The van der Waals surface area contributed by atoms with E-state index in [4.69, 9.17) is 0 Å². The fourth-order valence-electron chi connectivity index (χ4n) is 3.73. The summed E-state index contributed by atoms with van der Waals surface area (Å²) in [6.45, 7) is -0.754. The molecule has 2 amide bonds. The average molecular weight is 468 g/mol. The van der Waals surface area contributed by atoms with Crippen molar-refractivity contribution in [3.63, 3.8) is 0 Å². The molecular weight excluding hydrogens is 446 g/mol. The lowest BCUT2D eigenvalue weighted by molar-refractivity contribution is -0.138. The van der Waals surface area contributed by atoms with Gasteiger partial charge in [-0.1, -0.05) is 42.5 Å². The van der Waals surface area contributed by atoms with Crippen molar-refractivity contribution in [3.05, 3.63) is 72.3 Å². The quantitative estimate of drug-likeness (QED) is 0.569. The van der Waals surface area contributed by atoms with Crippen LogP contribution in [0.4, 0.5) is 5.69 Å². The van der Waals surface area contributed by atoms with Crippen molar-refractivity contribution in [3.8, 4) is 0 Å². The van der Waals surface area contributed by atoms with Gasteiger partial charge in [-0.25, -0.2) is 8.42 Å². The van der Waals surface area contributed by atoms with Crippen LogP contribution in [0.1, 0.15) is 10.4 Å². The first-order chi connectivity index (χ1) is 15.7. The van der Waals surface area contributed by atoms with Crippen LogP contribution in [0.2, 0.25) is 0 Å². The van der Waals surface area contributed by atoms with E-state index >= 15 is 0 Å². The molecule has 0 spiro atoms. The van der Waals surface area contributed by atoms with Gasteiger partial charge in [0, 0.05) is 7.05 Å².